The number of carbonyl (C=O) groups excluding carboxylic acids is 1. The third-order valence-corrected chi connectivity index (χ3v) is 7.97. The first-order valence-electron chi connectivity index (χ1n) is 14.7. The summed E-state index contributed by atoms with van der Waals surface area (Å²) in [5.74, 6) is 1.91. The van der Waals surface area contributed by atoms with Crippen LogP contribution in [0.4, 0.5) is 22.2 Å². The molecule has 0 saturated heterocycles. The largest absolute Gasteiger partial charge is 0.497 e. The lowest BCUT2D eigenvalue weighted by molar-refractivity contribution is 0.0726. The molecule has 4 N–H and O–H groups in total. The number of hydrogen-bond donors (Lipinski definition) is 4. The monoisotopic (exact) mass is 594 g/mol. The molecule has 0 bridgehead atoms. The van der Waals surface area contributed by atoms with Gasteiger partial charge in [-0.05, 0) is 48.7 Å². The van der Waals surface area contributed by atoms with Gasteiger partial charge in [0, 0.05) is 49.2 Å². The first kappa shape index (κ1) is 28.8. The maximum atomic E-state index is 14.0. The van der Waals surface area contributed by atoms with Gasteiger partial charge in [0.05, 0.1) is 18.8 Å². The van der Waals surface area contributed by atoms with E-state index in [1.165, 1.54) is 0 Å². The normalized spacial score (nSPS) is 17.8. The zero-order valence-electron chi connectivity index (χ0n) is 24.4. The predicted octanol–water partition coefficient (Wildman–Crippen LogP) is 4.88. The SMILES string of the molecule is COc1ccc(CN2CCc3nc(N[C@@H]4CCCC[C@@H]4NC(=O)O)nc(Nc4cccc(-c5ncccn5)c4)c3C2=O)cc1. The highest BCUT2D eigenvalue weighted by Gasteiger charge is 2.32. The molecule has 2 aromatic carbocycles. The number of carbonyl (C=O) groups is 2. The molecule has 0 spiro atoms. The van der Waals surface area contributed by atoms with E-state index in [9.17, 15) is 14.7 Å². The number of nitrogens with zero attached hydrogens (tertiary/aromatic N) is 5. The number of benzene rings is 2. The first-order chi connectivity index (χ1) is 21.5. The van der Waals surface area contributed by atoms with Gasteiger partial charge in [0.15, 0.2) is 5.82 Å². The van der Waals surface area contributed by atoms with E-state index < -0.39 is 6.09 Å². The third kappa shape index (κ3) is 6.54. The molecule has 12 nitrogen and oxygen atoms in total. The third-order valence-electron chi connectivity index (χ3n) is 7.97. The van der Waals surface area contributed by atoms with Gasteiger partial charge in [-0.2, -0.15) is 4.98 Å². The van der Waals surface area contributed by atoms with Gasteiger partial charge in [-0.3, -0.25) is 4.79 Å². The zero-order valence-corrected chi connectivity index (χ0v) is 24.4. The van der Waals surface area contributed by atoms with E-state index >= 15 is 0 Å². The van der Waals surface area contributed by atoms with E-state index in [0.29, 0.717) is 54.0 Å². The van der Waals surface area contributed by atoms with Crippen LogP contribution in [0, 0.1) is 0 Å². The average molecular weight is 595 g/mol. The van der Waals surface area contributed by atoms with Gasteiger partial charge in [0.25, 0.3) is 5.91 Å². The molecule has 1 saturated carbocycles. The maximum Gasteiger partial charge on any atom is 0.404 e. The molecule has 0 radical (unpaired) electrons. The standard InChI is InChI=1S/C32H34N8O4/c1-44-23-12-10-20(11-13-23)19-40-17-14-26-27(30(40)41)29(35-22-7-4-6-21(18-22)28-33-15-5-16-34-28)39-31(37-26)36-24-8-2-3-9-25(24)38-32(42)43/h4-7,10-13,15-16,18,24-25,38H,2-3,8-9,14,17,19H2,1H3,(H,42,43)(H2,35,36,37,39)/t24-,25+/m1/s1. The minimum atomic E-state index is -1.05. The van der Waals surface area contributed by atoms with E-state index in [-0.39, 0.29) is 18.0 Å². The van der Waals surface area contributed by atoms with Crippen LogP contribution in [0.1, 0.15) is 47.3 Å². The van der Waals surface area contributed by atoms with E-state index in [1.807, 2.05) is 48.5 Å². The lowest BCUT2D eigenvalue weighted by Gasteiger charge is -2.33. The second kappa shape index (κ2) is 12.9. The second-order valence-electron chi connectivity index (χ2n) is 10.9. The van der Waals surface area contributed by atoms with Gasteiger partial charge in [0.1, 0.15) is 17.1 Å². The molecule has 4 aromatic rings. The van der Waals surface area contributed by atoms with Crippen LogP contribution in [0.2, 0.25) is 0 Å². The fourth-order valence-corrected chi connectivity index (χ4v) is 5.79. The number of hydrogen-bond acceptors (Lipinski definition) is 9. The lowest BCUT2D eigenvalue weighted by Crippen LogP contribution is -2.48. The van der Waals surface area contributed by atoms with Crippen LogP contribution in [-0.4, -0.2) is 67.7 Å². The second-order valence-corrected chi connectivity index (χ2v) is 10.9. The number of aromatic nitrogens is 4. The topological polar surface area (TPSA) is 154 Å². The van der Waals surface area contributed by atoms with Crippen molar-refractivity contribution in [1.82, 2.24) is 30.2 Å². The minimum Gasteiger partial charge on any atom is -0.497 e. The Hall–Kier alpha value is -5.26. The smallest absolute Gasteiger partial charge is 0.404 e. The zero-order chi connectivity index (χ0) is 30.5. The molecule has 44 heavy (non-hydrogen) atoms. The summed E-state index contributed by atoms with van der Waals surface area (Å²) < 4.78 is 5.27. The van der Waals surface area contributed by atoms with Crippen LogP contribution < -0.4 is 20.7 Å². The van der Waals surface area contributed by atoms with E-state index in [0.717, 1.165) is 42.6 Å². The number of methoxy groups -OCH3 is 1. The summed E-state index contributed by atoms with van der Waals surface area (Å²) in [6.07, 6.45) is 6.29. The van der Waals surface area contributed by atoms with E-state index in [2.05, 4.69) is 25.9 Å². The molecule has 3 heterocycles. The highest BCUT2D eigenvalue weighted by Crippen LogP contribution is 2.31. The number of ether oxygens (including phenoxy) is 1. The highest BCUT2D eigenvalue weighted by atomic mass is 16.5. The van der Waals surface area contributed by atoms with Crippen molar-refractivity contribution in [3.63, 3.8) is 0 Å². The van der Waals surface area contributed by atoms with Gasteiger partial charge in [-0.15, -0.1) is 0 Å². The number of carboxylic acid groups (broad SMARTS) is 1. The number of nitrogens with one attached hydrogen (secondary N) is 3. The molecule has 2 aromatic heterocycles. The van der Waals surface area contributed by atoms with Crippen LogP contribution in [-0.2, 0) is 13.0 Å². The first-order valence-corrected chi connectivity index (χ1v) is 14.7. The van der Waals surface area contributed by atoms with E-state index in [1.54, 1.807) is 30.5 Å². The molecular weight excluding hydrogens is 560 g/mol. The van der Waals surface area contributed by atoms with E-state index in [4.69, 9.17) is 14.7 Å². The molecule has 2 amide bonds. The number of anilines is 3. The Morgan fingerprint density at radius 2 is 1.80 bits per heavy atom. The quantitative estimate of drug-likeness (QED) is 0.211. The van der Waals surface area contributed by atoms with Crippen molar-refractivity contribution in [3.8, 4) is 17.1 Å². The Morgan fingerprint density at radius 3 is 2.55 bits per heavy atom. The summed E-state index contributed by atoms with van der Waals surface area (Å²) in [7, 11) is 1.62. The van der Waals surface area contributed by atoms with Gasteiger partial charge in [0.2, 0.25) is 5.95 Å². The molecule has 1 aliphatic heterocycles. The number of amides is 2. The molecule has 2 atom stereocenters. The summed E-state index contributed by atoms with van der Waals surface area (Å²) in [6, 6.07) is 16.6. The van der Waals surface area contributed by atoms with Gasteiger partial charge in [-0.25, -0.2) is 19.7 Å². The molecule has 6 rings (SSSR count). The van der Waals surface area contributed by atoms with Crippen molar-refractivity contribution in [2.24, 2.45) is 0 Å². The fourth-order valence-electron chi connectivity index (χ4n) is 5.79. The van der Waals surface area contributed by atoms with Gasteiger partial charge < -0.3 is 30.7 Å². The van der Waals surface area contributed by atoms with Gasteiger partial charge in [-0.1, -0.05) is 37.1 Å². The van der Waals surface area contributed by atoms with Crippen molar-refractivity contribution in [2.75, 3.05) is 24.3 Å². The summed E-state index contributed by atoms with van der Waals surface area (Å²) in [6.45, 7) is 0.939. The van der Waals surface area contributed by atoms with Crippen molar-refractivity contribution in [1.29, 1.82) is 0 Å². The Balaban J connectivity index is 1.33. The van der Waals surface area contributed by atoms with Crippen molar-refractivity contribution in [2.45, 2.75) is 50.7 Å². The van der Waals surface area contributed by atoms with Crippen LogP contribution in [0.3, 0.4) is 0 Å². The molecular formula is C32H34N8O4. The lowest BCUT2D eigenvalue weighted by atomic mass is 9.90. The minimum absolute atomic E-state index is 0.165. The Bertz CT molecular complexity index is 1630. The Morgan fingerprint density at radius 1 is 1.02 bits per heavy atom. The summed E-state index contributed by atoms with van der Waals surface area (Å²) in [5, 5.41) is 18.8. The van der Waals surface area contributed by atoms with Crippen molar-refractivity contribution < 1.29 is 19.4 Å². The fraction of sp³-hybridized carbons (Fsp3) is 0.312. The molecule has 2 aliphatic rings. The highest BCUT2D eigenvalue weighted by molar-refractivity contribution is 6.01. The molecule has 1 fully saturated rings. The summed E-state index contributed by atoms with van der Waals surface area (Å²) >= 11 is 0. The van der Waals surface area contributed by atoms with Crippen molar-refractivity contribution >= 4 is 29.5 Å². The molecule has 12 heteroatoms. The van der Waals surface area contributed by atoms with Crippen LogP contribution >= 0.6 is 0 Å². The Kier molecular flexibility index (Phi) is 8.48. The molecule has 0 unspecified atom stereocenters. The number of rotatable bonds is 9. The van der Waals surface area contributed by atoms with Crippen LogP contribution in [0.5, 0.6) is 5.75 Å². The average Bonchev–Trinajstić information content (AvgIpc) is 3.04. The number of fused-ring (bicyclic) bond motifs is 1. The Labute approximate surface area is 254 Å². The van der Waals surface area contributed by atoms with Crippen molar-refractivity contribution in [3.05, 3.63) is 83.8 Å². The summed E-state index contributed by atoms with van der Waals surface area (Å²) in [5.41, 5.74) is 3.57. The van der Waals surface area contributed by atoms with Gasteiger partial charge >= 0.3 is 6.09 Å². The van der Waals surface area contributed by atoms with Crippen LogP contribution in [0.15, 0.2) is 67.0 Å². The molecule has 226 valence electrons. The molecule has 1 aliphatic carbocycles. The van der Waals surface area contributed by atoms with Crippen LogP contribution in [0.25, 0.3) is 11.4 Å². The summed E-state index contributed by atoms with van der Waals surface area (Å²) in [4.78, 5) is 45.5. The maximum absolute atomic E-state index is 14.0. The predicted molar refractivity (Wildman–Crippen MR) is 165 cm³/mol.